The van der Waals surface area contributed by atoms with E-state index < -0.39 is 0 Å². The van der Waals surface area contributed by atoms with Crippen LogP contribution in [0.15, 0.2) is 41.4 Å². The molecule has 0 aromatic heterocycles. The van der Waals surface area contributed by atoms with Crippen LogP contribution >= 0.6 is 23.4 Å². The van der Waals surface area contributed by atoms with E-state index in [2.05, 4.69) is 24.0 Å². The first-order chi connectivity index (χ1) is 11.7. The molecule has 0 radical (unpaired) electrons. The van der Waals surface area contributed by atoms with Crippen molar-refractivity contribution in [3.05, 3.63) is 58.1 Å². The van der Waals surface area contributed by atoms with Crippen LogP contribution in [0.4, 0.5) is 0 Å². The lowest BCUT2D eigenvalue weighted by Crippen LogP contribution is -2.03. The highest BCUT2D eigenvalue weighted by molar-refractivity contribution is 8.14. The largest absolute Gasteiger partial charge is 0.490 e. The average molecular weight is 362 g/mol. The van der Waals surface area contributed by atoms with Crippen LogP contribution in [-0.4, -0.2) is 23.9 Å². The number of aryl methyl sites for hydroxylation is 1. The Hall–Kier alpha value is -1.65. The van der Waals surface area contributed by atoms with Gasteiger partial charge >= 0.3 is 0 Å². The van der Waals surface area contributed by atoms with E-state index in [1.165, 1.54) is 5.56 Å². The lowest BCUT2D eigenvalue weighted by atomic mass is 10.1. The molecule has 2 aromatic carbocycles. The summed E-state index contributed by atoms with van der Waals surface area (Å²) in [4.78, 5) is 4.51. The van der Waals surface area contributed by atoms with E-state index in [0.717, 1.165) is 28.5 Å². The van der Waals surface area contributed by atoms with Crippen molar-refractivity contribution in [2.24, 2.45) is 4.99 Å². The van der Waals surface area contributed by atoms with Gasteiger partial charge in [0, 0.05) is 17.9 Å². The van der Waals surface area contributed by atoms with Crippen molar-refractivity contribution in [3.8, 4) is 11.5 Å². The second kappa shape index (κ2) is 7.95. The van der Waals surface area contributed by atoms with Crippen molar-refractivity contribution in [2.75, 3.05) is 18.9 Å². The molecule has 0 saturated heterocycles. The fourth-order valence-electron chi connectivity index (χ4n) is 2.56. The first-order valence-electron chi connectivity index (χ1n) is 7.99. The van der Waals surface area contributed by atoms with Gasteiger partial charge in [0.1, 0.15) is 6.61 Å². The summed E-state index contributed by atoms with van der Waals surface area (Å²) in [5.41, 5.74) is 3.31. The van der Waals surface area contributed by atoms with Crippen molar-refractivity contribution in [1.29, 1.82) is 0 Å². The third-order valence-electron chi connectivity index (χ3n) is 3.61. The summed E-state index contributed by atoms with van der Waals surface area (Å²) >= 11 is 8.22. The van der Waals surface area contributed by atoms with Gasteiger partial charge in [0.05, 0.1) is 16.7 Å². The average Bonchev–Trinajstić information content (AvgIpc) is 3.09. The van der Waals surface area contributed by atoms with Gasteiger partial charge in [-0.3, -0.25) is 4.99 Å². The van der Waals surface area contributed by atoms with Gasteiger partial charge < -0.3 is 9.47 Å². The molecule has 3 nitrogen and oxygen atoms in total. The molecule has 3 rings (SSSR count). The topological polar surface area (TPSA) is 30.8 Å². The number of hydrogen-bond donors (Lipinski definition) is 0. The lowest BCUT2D eigenvalue weighted by molar-refractivity contribution is 0.269. The van der Waals surface area contributed by atoms with Crippen LogP contribution in [0.5, 0.6) is 11.5 Å². The van der Waals surface area contributed by atoms with Gasteiger partial charge in [-0.2, -0.15) is 0 Å². The lowest BCUT2D eigenvalue weighted by Gasteiger charge is -2.15. The predicted octanol–water partition coefficient (Wildman–Crippen LogP) is 5.12. The fourth-order valence-corrected chi connectivity index (χ4v) is 3.67. The van der Waals surface area contributed by atoms with Crippen LogP contribution in [0, 0.1) is 6.92 Å². The molecule has 5 heteroatoms. The summed E-state index contributed by atoms with van der Waals surface area (Å²) < 4.78 is 11.7. The quantitative estimate of drug-likeness (QED) is 0.715. The molecule has 0 atom stereocenters. The molecule has 0 saturated carbocycles. The highest BCUT2D eigenvalue weighted by atomic mass is 35.5. The molecular weight excluding hydrogens is 342 g/mol. The first-order valence-corrected chi connectivity index (χ1v) is 9.36. The standard InChI is InChI=1S/C19H20ClNO2S/c1-3-22-17-11-15(19-21-7-8-24-19)10-16(20)18(17)23-12-14-6-4-5-13(2)9-14/h4-6,9-11H,3,7-8,12H2,1-2H3. The molecule has 1 aliphatic heterocycles. The Morgan fingerprint density at radius 2 is 2.08 bits per heavy atom. The van der Waals surface area contributed by atoms with Crippen LogP contribution in [0.25, 0.3) is 0 Å². The molecule has 24 heavy (non-hydrogen) atoms. The molecular formula is C19H20ClNO2S. The summed E-state index contributed by atoms with van der Waals surface area (Å²) in [5, 5.41) is 1.57. The number of rotatable bonds is 6. The van der Waals surface area contributed by atoms with E-state index in [4.69, 9.17) is 21.1 Å². The van der Waals surface area contributed by atoms with Gasteiger partial charge in [-0.25, -0.2) is 0 Å². The number of thioether (sulfide) groups is 1. The third-order valence-corrected chi connectivity index (χ3v) is 4.91. The number of hydrogen-bond acceptors (Lipinski definition) is 4. The van der Waals surface area contributed by atoms with E-state index >= 15 is 0 Å². The fraction of sp³-hybridized carbons (Fsp3) is 0.316. The van der Waals surface area contributed by atoms with E-state index in [-0.39, 0.29) is 0 Å². The number of nitrogens with zero attached hydrogens (tertiary/aromatic N) is 1. The monoisotopic (exact) mass is 361 g/mol. The highest BCUT2D eigenvalue weighted by Crippen LogP contribution is 2.38. The van der Waals surface area contributed by atoms with E-state index in [9.17, 15) is 0 Å². The maximum atomic E-state index is 6.48. The minimum Gasteiger partial charge on any atom is -0.490 e. The molecule has 0 aliphatic carbocycles. The molecule has 126 valence electrons. The zero-order valence-corrected chi connectivity index (χ0v) is 15.4. The molecule has 0 amide bonds. The molecule has 0 unspecified atom stereocenters. The zero-order valence-electron chi connectivity index (χ0n) is 13.8. The maximum absolute atomic E-state index is 6.48. The van der Waals surface area contributed by atoms with E-state index in [1.54, 1.807) is 11.8 Å². The number of aliphatic imine (C=N–C) groups is 1. The van der Waals surface area contributed by atoms with Gasteiger partial charge in [0.15, 0.2) is 11.5 Å². The van der Waals surface area contributed by atoms with Crippen molar-refractivity contribution in [2.45, 2.75) is 20.5 Å². The van der Waals surface area contributed by atoms with Crippen molar-refractivity contribution >= 4 is 28.4 Å². The summed E-state index contributed by atoms with van der Waals surface area (Å²) in [6.07, 6.45) is 0. The van der Waals surface area contributed by atoms with Crippen LogP contribution in [0.2, 0.25) is 5.02 Å². The number of halogens is 1. The SMILES string of the molecule is CCOc1cc(C2=NCCS2)cc(Cl)c1OCc1cccc(C)c1. The summed E-state index contributed by atoms with van der Waals surface area (Å²) in [6, 6.07) is 12.1. The van der Waals surface area contributed by atoms with Gasteiger partial charge in [0.25, 0.3) is 0 Å². The molecule has 1 heterocycles. The Morgan fingerprint density at radius 3 is 2.79 bits per heavy atom. The summed E-state index contributed by atoms with van der Waals surface area (Å²) in [6.45, 7) is 5.88. The van der Waals surface area contributed by atoms with Crippen molar-refractivity contribution in [3.63, 3.8) is 0 Å². The summed E-state index contributed by atoms with van der Waals surface area (Å²) in [7, 11) is 0. The Kier molecular flexibility index (Phi) is 5.69. The van der Waals surface area contributed by atoms with Gasteiger partial charge in [-0.15, -0.1) is 11.8 Å². The molecule has 0 spiro atoms. The van der Waals surface area contributed by atoms with Crippen LogP contribution in [0.3, 0.4) is 0 Å². The Balaban J connectivity index is 1.85. The van der Waals surface area contributed by atoms with Crippen molar-refractivity contribution in [1.82, 2.24) is 0 Å². The molecule has 1 aliphatic rings. The molecule has 0 N–H and O–H groups in total. The van der Waals surface area contributed by atoms with E-state index in [1.807, 2.05) is 31.2 Å². The maximum Gasteiger partial charge on any atom is 0.180 e. The third kappa shape index (κ3) is 4.05. The van der Waals surface area contributed by atoms with E-state index in [0.29, 0.717) is 29.7 Å². The number of benzene rings is 2. The van der Waals surface area contributed by atoms with Crippen LogP contribution in [-0.2, 0) is 6.61 Å². The van der Waals surface area contributed by atoms with Gasteiger partial charge in [0.2, 0.25) is 0 Å². The number of ether oxygens (including phenoxy) is 2. The molecule has 0 fully saturated rings. The second-order valence-electron chi connectivity index (χ2n) is 5.53. The Morgan fingerprint density at radius 1 is 1.21 bits per heavy atom. The minimum absolute atomic E-state index is 0.455. The smallest absolute Gasteiger partial charge is 0.180 e. The summed E-state index contributed by atoms with van der Waals surface area (Å²) in [5.74, 6) is 2.28. The van der Waals surface area contributed by atoms with Crippen LogP contribution in [0.1, 0.15) is 23.6 Å². The minimum atomic E-state index is 0.455. The first kappa shape index (κ1) is 17.2. The second-order valence-corrected chi connectivity index (χ2v) is 7.02. The predicted molar refractivity (Wildman–Crippen MR) is 102 cm³/mol. The highest BCUT2D eigenvalue weighted by Gasteiger charge is 2.17. The van der Waals surface area contributed by atoms with Crippen molar-refractivity contribution < 1.29 is 9.47 Å². The normalized spacial score (nSPS) is 13.7. The Bertz CT molecular complexity index is 761. The van der Waals surface area contributed by atoms with Gasteiger partial charge in [-0.1, -0.05) is 41.4 Å². The van der Waals surface area contributed by atoms with Gasteiger partial charge in [-0.05, 0) is 31.5 Å². The molecule has 0 bridgehead atoms. The molecule has 2 aromatic rings. The Labute approximate surface area is 152 Å². The van der Waals surface area contributed by atoms with Crippen LogP contribution < -0.4 is 9.47 Å². The zero-order chi connectivity index (χ0) is 16.9.